The minimum absolute atomic E-state index is 0.145. The Morgan fingerprint density at radius 3 is 0.760 bits per heavy atom. The summed E-state index contributed by atoms with van der Waals surface area (Å²) in [7, 11) is 0. The van der Waals surface area contributed by atoms with E-state index in [2.05, 4.69) is 52.6 Å². The molecule has 0 amide bonds. The topological polar surface area (TPSA) is 0 Å². The third kappa shape index (κ3) is 4.93. The summed E-state index contributed by atoms with van der Waals surface area (Å²) in [5, 5.41) is 0. The van der Waals surface area contributed by atoms with Crippen LogP contribution in [0.4, 0.5) is 0 Å². The van der Waals surface area contributed by atoms with Crippen molar-refractivity contribution < 1.29 is 4.48 Å². The van der Waals surface area contributed by atoms with Gasteiger partial charge in [0.1, 0.15) is 24.2 Å². The molecule has 0 fully saturated rings. The molecule has 1 nitrogen and oxygen atoms in total. The number of quaternary nitrogens is 1. The molecule has 0 heterocycles. The van der Waals surface area contributed by atoms with Crippen LogP contribution in [-0.4, -0.2) is 28.7 Å². The van der Waals surface area contributed by atoms with Crippen LogP contribution >= 0.6 is 0 Å². The van der Waals surface area contributed by atoms with Crippen molar-refractivity contribution in [2.45, 2.75) is 49.9 Å². The highest BCUT2D eigenvalue weighted by atomic mass is 15.4. The Balaban J connectivity index is 6.82. The van der Waals surface area contributed by atoms with E-state index in [4.69, 9.17) is 0 Å². The second kappa shape index (κ2) is 12.3. The molecule has 0 aromatic carbocycles. The summed E-state index contributed by atoms with van der Waals surface area (Å²) < 4.78 is 0.704. The average Bonchev–Trinajstić information content (AvgIpc) is 2.63. The summed E-state index contributed by atoms with van der Waals surface area (Å²) in [6.45, 7) is 32.4. The quantitative estimate of drug-likeness (QED) is 0.228. The van der Waals surface area contributed by atoms with Crippen LogP contribution in [0, 0.1) is 0 Å². The first-order chi connectivity index (χ1) is 12.1. The largest absolute Gasteiger partial charge is 0.300 e. The monoisotopic (exact) mass is 338 g/mol. The molecule has 4 atom stereocenters. The van der Waals surface area contributed by atoms with Crippen LogP contribution in [0.3, 0.4) is 0 Å². The third-order valence-corrected chi connectivity index (χ3v) is 5.02. The van der Waals surface area contributed by atoms with Gasteiger partial charge >= 0.3 is 0 Å². The van der Waals surface area contributed by atoms with Gasteiger partial charge in [-0.2, -0.15) is 0 Å². The Morgan fingerprint density at radius 1 is 0.440 bits per heavy atom. The van der Waals surface area contributed by atoms with Crippen LogP contribution in [-0.2, 0) is 0 Å². The Bertz CT molecular complexity index is 403. The number of nitrogens with zero attached hydrogens (tertiary/aromatic N) is 1. The van der Waals surface area contributed by atoms with Crippen LogP contribution in [0.5, 0.6) is 0 Å². The maximum absolute atomic E-state index is 4.13. The van der Waals surface area contributed by atoms with Gasteiger partial charge in [-0.25, -0.2) is 0 Å². The van der Waals surface area contributed by atoms with Crippen molar-refractivity contribution in [3.8, 4) is 0 Å². The predicted molar refractivity (Wildman–Crippen MR) is 115 cm³/mol. The highest BCUT2D eigenvalue weighted by Gasteiger charge is 2.49. The molecule has 0 spiro atoms. The first-order valence-electron chi connectivity index (χ1n) is 8.90. The second-order valence-electron chi connectivity index (χ2n) is 6.20. The van der Waals surface area contributed by atoms with E-state index in [1.807, 2.05) is 48.6 Å². The van der Waals surface area contributed by atoms with Crippen LogP contribution in [0.2, 0.25) is 0 Å². The van der Waals surface area contributed by atoms with Crippen LogP contribution in [0.15, 0.2) is 101 Å². The van der Waals surface area contributed by atoms with Gasteiger partial charge in [-0.05, 0) is 24.3 Å². The molecular weight excluding hydrogens is 302 g/mol. The van der Waals surface area contributed by atoms with Crippen molar-refractivity contribution in [1.82, 2.24) is 0 Å². The van der Waals surface area contributed by atoms with Gasteiger partial charge in [-0.1, -0.05) is 50.6 Å². The van der Waals surface area contributed by atoms with Crippen LogP contribution < -0.4 is 0 Å². The number of rotatable bonds is 16. The van der Waals surface area contributed by atoms with Crippen molar-refractivity contribution in [3.05, 3.63) is 101 Å². The second-order valence-corrected chi connectivity index (χ2v) is 6.20. The Hall–Kier alpha value is -2.12. The Labute approximate surface area is 156 Å². The van der Waals surface area contributed by atoms with Crippen molar-refractivity contribution in [2.24, 2.45) is 0 Å². The molecule has 1 heteroatoms. The van der Waals surface area contributed by atoms with Gasteiger partial charge in [0.05, 0.1) is 0 Å². The molecule has 0 aliphatic rings. The molecule has 4 unspecified atom stereocenters. The van der Waals surface area contributed by atoms with E-state index >= 15 is 0 Å². The maximum Gasteiger partial charge on any atom is 0.112 e. The first kappa shape index (κ1) is 22.9. The van der Waals surface area contributed by atoms with Gasteiger partial charge in [0.2, 0.25) is 0 Å². The summed E-state index contributed by atoms with van der Waals surface area (Å²) in [4.78, 5) is 0. The fraction of sp³-hybridized carbons (Fsp3) is 0.333. The van der Waals surface area contributed by atoms with Crippen molar-refractivity contribution in [2.75, 3.05) is 0 Å². The minimum atomic E-state index is 0.145. The Morgan fingerprint density at radius 2 is 0.640 bits per heavy atom. The molecule has 0 radical (unpaired) electrons. The van der Waals surface area contributed by atoms with E-state index in [0.29, 0.717) is 4.48 Å². The zero-order valence-electron chi connectivity index (χ0n) is 15.9. The molecule has 0 saturated heterocycles. The average molecular weight is 339 g/mol. The molecule has 0 aliphatic heterocycles. The highest BCUT2D eigenvalue weighted by molar-refractivity contribution is 5.04. The smallest absolute Gasteiger partial charge is 0.112 e. The highest BCUT2D eigenvalue weighted by Crippen LogP contribution is 2.38. The molecule has 0 N–H and O–H groups in total. The van der Waals surface area contributed by atoms with E-state index in [0.717, 1.165) is 25.7 Å². The van der Waals surface area contributed by atoms with Crippen molar-refractivity contribution >= 4 is 0 Å². The van der Waals surface area contributed by atoms with Gasteiger partial charge in [-0.15, -0.1) is 26.3 Å². The molecule has 25 heavy (non-hydrogen) atoms. The lowest BCUT2D eigenvalue weighted by Crippen LogP contribution is -2.69. The van der Waals surface area contributed by atoms with Gasteiger partial charge in [0.25, 0.3) is 0 Å². The van der Waals surface area contributed by atoms with Gasteiger partial charge in [-0.3, -0.25) is 4.48 Å². The zero-order chi connectivity index (χ0) is 19.3. The SMILES string of the molecule is C=CCC(C=C)[N+](C(C=C)CC=C)(C(C=C)CC=C)C(C=C)CC=C. The van der Waals surface area contributed by atoms with Gasteiger partial charge in [0.15, 0.2) is 0 Å². The van der Waals surface area contributed by atoms with Gasteiger partial charge < -0.3 is 0 Å². The fourth-order valence-corrected chi connectivity index (χ4v) is 4.00. The van der Waals surface area contributed by atoms with E-state index in [1.165, 1.54) is 0 Å². The summed E-state index contributed by atoms with van der Waals surface area (Å²) in [6, 6.07) is 0.579. The lowest BCUT2D eigenvalue weighted by Gasteiger charge is -2.56. The number of hydrogen-bond acceptors (Lipinski definition) is 0. The van der Waals surface area contributed by atoms with E-state index in [9.17, 15) is 0 Å². The number of hydrogen-bond donors (Lipinski definition) is 0. The summed E-state index contributed by atoms with van der Waals surface area (Å²) in [5.74, 6) is 0. The lowest BCUT2D eigenvalue weighted by atomic mass is 9.89. The molecule has 0 aliphatic carbocycles. The molecule has 0 bridgehead atoms. The third-order valence-electron chi connectivity index (χ3n) is 5.02. The fourth-order valence-electron chi connectivity index (χ4n) is 4.00. The van der Waals surface area contributed by atoms with E-state index in [-0.39, 0.29) is 24.2 Å². The summed E-state index contributed by atoms with van der Waals surface area (Å²) in [5.41, 5.74) is 0. The van der Waals surface area contributed by atoms with Crippen molar-refractivity contribution in [1.29, 1.82) is 0 Å². The van der Waals surface area contributed by atoms with E-state index < -0.39 is 0 Å². The van der Waals surface area contributed by atoms with Gasteiger partial charge in [0, 0.05) is 25.7 Å². The van der Waals surface area contributed by atoms with Crippen molar-refractivity contribution in [3.63, 3.8) is 0 Å². The van der Waals surface area contributed by atoms with E-state index in [1.54, 1.807) is 0 Å². The zero-order valence-corrected chi connectivity index (χ0v) is 15.9. The first-order valence-corrected chi connectivity index (χ1v) is 8.90. The minimum Gasteiger partial charge on any atom is -0.300 e. The maximum atomic E-state index is 4.13. The molecule has 136 valence electrons. The standard InChI is InChI=1S/C24H36N/c1-9-17-21(13-5)25(22(14-6)18-10-2,23(15-7)19-11-3)24(16-8)20-12-4/h9-16,21-24H,1-8,17-20H2/q+1. The molecule has 0 saturated carbocycles. The molecule has 0 aromatic rings. The molecule has 0 aromatic heterocycles. The predicted octanol–water partition coefficient (Wildman–Crippen LogP) is 6.33. The normalized spacial score (nSPS) is 17.6. The summed E-state index contributed by atoms with van der Waals surface area (Å²) >= 11 is 0. The summed E-state index contributed by atoms with van der Waals surface area (Å²) in [6.07, 6.45) is 19.2. The molecule has 0 rings (SSSR count). The van der Waals surface area contributed by atoms with Crippen LogP contribution in [0.1, 0.15) is 25.7 Å². The Kier molecular flexibility index (Phi) is 11.2. The molecular formula is C24H36N+. The van der Waals surface area contributed by atoms with Crippen LogP contribution in [0.25, 0.3) is 0 Å². The lowest BCUT2D eigenvalue weighted by molar-refractivity contribution is -0.992.